The standard InChI is InChI=1S/C14H20F2N2/c1-18(13-4-7-17-8-5-13)9-6-11-10-12(15)2-3-14(11)16/h2-3,10,13,17H,4-9H2,1H3. The van der Waals surface area contributed by atoms with Crippen molar-refractivity contribution in [3.8, 4) is 0 Å². The Morgan fingerprint density at radius 2 is 2.00 bits per heavy atom. The second-order valence-electron chi connectivity index (χ2n) is 4.95. The van der Waals surface area contributed by atoms with E-state index < -0.39 is 0 Å². The first-order valence-electron chi connectivity index (χ1n) is 6.51. The maximum absolute atomic E-state index is 13.5. The third-order valence-corrected chi connectivity index (χ3v) is 3.67. The highest BCUT2D eigenvalue weighted by molar-refractivity contribution is 5.19. The number of nitrogens with zero attached hydrogens (tertiary/aromatic N) is 1. The minimum atomic E-state index is -0.365. The SMILES string of the molecule is CN(CCc1cc(F)ccc1F)C1CCNCC1. The molecule has 0 radical (unpaired) electrons. The van der Waals surface area contributed by atoms with Crippen LogP contribution in [0.15, 0.2) is 18.2 Å². The van der Waals surface area contributed by atoms with E-state index in [0.717, 1.165) is 38.5 Å². The van der Waals surface area contributed by atoms with E-state index in [1.54, 1.807) is 0 Å². The fraction of sp³-hybridized carbons (Fsp3) is 0.571. The summed E-state index contributed by atoms with van der Waals surface area (Å²) in [6.07, 6.45) is 2.81. The van der Waals surface area contributed by atoms with Crippen molar-refractivity contribution in [2.24, 2.45) is 0 Å². The number of likely N-dealkylation sites (N-methyl/N-ethyl adjacent to an activating group) is 1. The summed E-state index contributed by atoms with van der Waals surface area (Å²) in [4.78, 5) is 2.26. The van der Waals surface area contributed by atoms with Crippen LogP contribution in [0.1, 0.15) is 18.4 Å². The van der Waals surface area contributed by atoms with Crippen LogP contribution in [-0.2, 0) is 6.42 Å². The van der Waals surface area contributed by atoms with Gasteiger partial charge in [-0.3, -0.25) is 0 Å². The van der Waals surface area contributed by atoms with Gasteiger partial charge in [0.2, 0.25) is 0 Å². The molecule has 0 aromatic heterocycles. The lowest BCUT2D eigenvalue weighted by molar-refractivity contribution is 0.200. The van der Waals surface area contributed by atoms with Crippen molar-refractivity contribution >= 4 is 0 Å². The Labute approximate surface area is 107 Å². The summed E-state index contributed by atoms with van der Waals surface area (Å²) in [6.45, 7) is 2.86. The molecular weight excluding hydrogens is 234 g/mol. The molecule has 0 atom stereocenters. The number of rotatable bonds is 4. The summed E-state index contributed by atoms with van der Waals surface area (Å²) in [5.74, 6) is -0.675. The molecule has 0 spiro atoms. The Morgan fingerprint density at radius 3 is 2.72 bits per heavy atom. The highest BCUT2D eigenvalue weighted by atomic mass is 19.1. The Bertz CT molecular complexity index is 389. The molecule has 1 aliphatic rings. The summed E-state index contributed by atoms with van der Waals surface area (Å²) < 4.78 is 26.5. The van der Waals surface area contributed by atoms with Gasteiger partial charge in [0, 0.05) is 12.6 Å². The topological polar surface area (TPSA) is 15.3 Å². The van der Waals surface area contributed by atoms with Crippen LogP contribution in [0.2, 0.25) is 0 Å². The van der Waals surface area contributed by atoms with E-state index in [-0.39, 0.29) is 11.6 Å². The van der Waals surface area contributed by atoms with Crippen LogP contribution in [0, 0.1) is 11.6 Å². The van der Waals surface area contributed by atoms with Crippen molar-refractivity contribution < 1.29 is 8.78 Å². The van der Waals surface area contributed by atoms with Gasteiger partial charge in [-0.1, -0.05) is 0 Å². The quantitative estimate of drug-likeness (QED) is 0.886. The van der Waals surface area contributed by atoms with Crippen molar-refractivity contribution in [2.45, 2.75) is 25.3 Å². The van der Waals surface area contributed by atoms with E-state index in [9.17, 15) is 8.78 Å². The van der Waals surface area contributed by atoms with E-state index >= 15 is 0 Å². The van der Waals surface area contributed by atoms with Crippen molar-refractivity contribution in [3.05, 3.63) is 35.4 Å². The Kier molecular flexibility index (Phi) is 4.66. The van der Waals surface area contributed by atoms with E-state index in [4.69, 9.17) is 0 Å². The molecule has 2 rings (SSSR count). The molecule has 100 valence electrons. The third-order valence-electron chi connectivity index (χ3n) is 3.67. The van der Waals surface area contributed by atoms with Gasteiger partial charge in [0.25, 0.3) is 0 Å². The van der Waals surface area contributed by atoms with Crippen molar-refractivity contribution in [2.75, 3.05) is 26.7 Å². The summed E-state index contributed by atoms with van der Waals surface area (Å²) in [5.41, 5.74) is 0.468. The van der Waals surface area contributed by atoms with Crippen LogP contribution in [0.4, 0.5) is 8.78 Å². The zero-order valence-electron chi connectivity index (χ0n) is 10.8. The van der Waals surface area contributed by atoms with Crippen LogP contribution < -0.4 is 5.32 Å². The van der Waals surface area contributed by atoms with E-state index in [1.807, 2.05) is 0 Å². The van der Waals surface area contributed by atoms with Crippen LogP contribution in [-0.4, -0.2) is 37.6 Å². The molecule has 1 aliphatic heterocycles. The summed E-state index contributed by atoms with van der Waals surface area (Å²) in [6, 6.07) is 4.22. The molecule has 1 fully saturated rings. The molecule has 4 heteroatoms. The number of halogens is 2. The fourth-order valence-corrected chi connectivity index (χ4v) is 2.46. The van der Waals surface area contributed by atoms with Gasteiger partial charge in [-0.15, -0.1) is 0 Å². The molecule has 1 aromatic carbocycles. The molecule has 0 saturated carbocycles. The smallest absolute Gasteiger partial charge is 0.126 e. The Morgan fingerprint density at radius 1 is 1.28 bits per heavy atom. The van der Waals surface area contributed by atoms with Gasteiger partial charge in [-0.25, -0.2) is 8.78 Å². The summed E-state index contributed by atoms with van der Waals surface area (Å²) in [7, 11) is 2.06. The summed E-state index contributed by atoms with van der Waals surface area (Å²) >= 11 is 0. The van der Waals surface area contributed by atoms with Crippen LogP contribution in [0.3, 0.4) is 0 Å². The lowest BCUT2D eigenvalue weighted by Gasteiger charge is -2.31. The van der Waals surface area contributed by atoms with Gasteiger partial charge < -0.3 is 10.2 Å². The van der Waals surface area contributed by atoms with Gasteiger partial charge in [-0.05, 0) is 63.2 Å². The average Bonchev–Trinajstić information content (AvgIpc) is 2.40. The Hall–Kier alpha value is -1.00. The molecular formula is C14H20F2N2. The zero-order chi connectivity index (χ0) is 13.0. The highest BCUT2D eigenvalue weighted by Gasteiger charge is 2.17. The first-order chi connectivity index (χ1) is 8.66. The predicted octanol–water partition coefficient (Wildman–Crippen LogP) is 2.19. The van der Waals surface area contributed by atoms with Crippen LogP contribution in [0.25, 0.3) is 0 Å². The van der Waals surface area contributed by atoms with E-state index in [1.165, 1.54) is 12.1 Å². The highest BCUT2D eigenvalue weighted by Crippen LogP contribution is 2.14. The van der Waals surface area contributed by atoms with Crippen molar-refractivity contribution in [1.82, 2.24) is 10.2 Å². The lowest BCUT2D eigenvalue weighted by Crippen LogP contribution is -2.41. The molecule has 1 saturated heterocycles. The number of hydrogen-bond donors (Lipinski definition) is 1. The fourth-order valence-electron chi connectivity index (χ4n) is 2.46. The first kappa shape index (κ1) is 13.4. The van der Waals surface area contributed by atoms with E-state index in [2.05, 4.69) is 17.3 Å². The van der Waals surface area contributed by atoms with Crippen molar-refractivity contribution in [1.29, 1.82) is 0 Å². The van der Waals surface area contributed by atoms with Crippen molar-refractivity contribution in [3.63, 3.8) is 0 Å². The molecule has 1 aromatic rings. The number of piperidine rings is 1. The molecule has 18 heavy (non-hydrogen) atoms. The minimum absolute atomic E-state index is 0.310. The van der Waals surface area contributed by atoms with Gasteiger partial charge in [0.1, 0.15) is 11.6 Å². The first-order valence-corrected chi connectivity index (χ1v) is 6.51. The number of nitrogens with one attached hydrogen (secondary N) is 1. The summed E-state index contributed by atoms with van der Waals surface area (Å²) in [5, 5.41) is 3.32. The van der Waals surface area contributed by atoms with Crippen LogP contribution >= 0.6 is 0 Å². The molecule has 0 unspecified atom stereocenters. The molecule has 2 nitrogen and oxygen atoms in total. The maximum atomic E-state index is 13.5. The Balaban J connectivity index is 1.88. The average molecular weight is 254 g/mol. The second-order valence-corrected chi connectivity index (χ2v) is 4.95. The largest absolute Gasteiger partial charge is 0.317 e. The number of benzene rings is 1. The monoisotopic (exact) mass is 254 g/mol. The van der Waals surface area contributed by atoms with Gasteiger partial charge in [0.15, 0.2) is 0 Å². The minimum Gasteiger partial charge on any atom is -0.317 e. The molecule has 0 bridgehead atoms. The van der Waals surface area contributed by atoms with Gasteiger partial charge in [0.05, 0.1) is 0 Å². The van der Waals surface area contributed by atoms with E-state index in [0.29, 0.717) is 18.0 Å². The third kappa shape index (κ3) is 3.50. The van der Waals surface area contributed by atoms with Gasteiger partial charge >= 0.3 is 0 Å². The molecule has 0 amide bonds. The lowest BCUT2D eigenvalue weighted by atomic mass is 10.0. The predicted molar refractivity (Wildman–Crippen MR) is 68.6 cm³/mol. The van der Waals surface area contributed by atoms with Crippen LogP contribution in [0.5, 0.6) is 0 Å². The molecule has 0 aliphatic carbocycles. The maximum Gasteiger partial charge on any atom is 0.126 e. The molecule has 1 heterocycles. The normalized spacial score (nSPS) is 17.3. The second kappa shape index (κ2) is 6.25. The number of hydrogen-bond acceptors (Lipinski definition) is 2. The zero-order valence-corrected chi connectivity index (χ0v) is 10.8. The van der Waals surface area contributed by atoms with Gasteiger partial charge in [-0.2, -0.15) is 0 Å². The molecule has 1 N–H and O–H groups in total.